The van der Waals surface area contributed by atoms with Gasteiger partial charge in [-0.1, -0.05) is 90.1 Å². The highest BCUT2D eigenvalue weighted by Crippen LogP contribution is 2.46. The van der Waals surface area contributed by atoms with E-state index in [1.54, 1.807) is 0 Å². The smallest absolute Gasteiger partial charge is 0.214 e. The molecule has 0 atom stereocenters. The maximum atomic E-state index is 11.1. The number of nitrogens with zero attached hydrogens (tertiary/aromatic N) is 4. The normalized spacial score (nSPS) is 12.6. The van der Waals surface area contributed by atoms with Crippen LogP contribution in [-0.4, -0.2) is 9.13 Å². The Morgan fingerprint density at radius 2 is 1.02 bits per heavy atom. The minimum Gasteiger partial charge on any atom is -0.455 e. The van der Waals surface area contributed by atoms with Crippen molar-refractivity contribution in [2.24, 2.45) is 0 Å². The van der Waals surface area contributed by atoms with E-state index in [1.807, 2.05) is 48.5 Å². The summed E-state index contributed by atoms with van der Waals surface area (Å²) in [7, 11) is 0. The van der Waals surface area contributed by atoms with Gasteiger partial charge in [-0.3, -0.25) is 0 Å². The topological polar surface area (TPSA) is 64.3 Å². The first-order valence-corrected chi connectivity index (χ1v) is 19.7. The van der Waals surface area contributed by atoms with Crippen LogP contribution in [0.1, 0.15) is 58.2 Å². The molecule has 0 aliphatic rings. The highest BCUT2D eigenvalue weighted by atomic mass is 16.3. The Labute approximate surface area is 334 Å². The van der Waals surface area contributed by atoms with E-state index >= 15 is 0 Å². The molecule has 0 N–H and O–H groups in total. The fraction of sp³-hybridized carbons (Fsp3) is 0.154. The molecule has 6 nitrogen and oxygen atoms in total. The van der Waals surface area contributed by atoms with Gasteiger partial charge in [-0.15, -0.1) is 0 Å². The summed E-state index contributed by atoms with van der Waals surface area (Å²) in [5.74, 6) is 0. The molecule has 278 valence electrons. The van der Waals surface area contributed by atoms with Crippen LogP contribution in [-0.2, 0) is 10.8 Å². The molecule has 11 aromatic rings. The lowest BCUT2D eigenvalue weighted by atomic mass is 9.86. The highest BCUT2D eigenvalue weighted by Gasteiger charge is 2.27. The molecule has 0 amide bonds. The van der Waals surface area contributed by atoms with Crippen LogP contribution in [0.5, 0.6) is 0 Å². The standard InChI is InChI=1S/C52H38N4O2/c1-51(2,3)30-16-20-40-37(25-30)46-42(22-18-35-33-12-8-10-14-44(33)57-49(35)46)55(40)32-24-29(28-53)48(39(27-32)54-7)56-41-21-17-31(52(4,5)6)26-38(41)47-43(56)23-19-36-34-13-9-11-15-45(34)58-50(36)47/h8-27H,1-6H3. The second-order valence-corrected chi connectivity index (χ2v) is 17.6. The first-order valence-electron chi connectivity index (χ1n) is 19.7. The van der Waals surface area contributed by atoms with Gasteiger partial charge in [-0.25, -0.2) is 4.85 Å². The number of nitriles is 1. The summed E-state index contributed by atoms with van der Waals surface area (Å²) in [6.45, 7) is 22.0. The second kappa shape index (κ2) is 11.6. The number of benzene rings is 7. The van der Waals surface area contributed by atoms with Crippen LogP contribution in [0.3, 0.4) is 0 Å². The molecule has 7 aromatic carbocycles. The van der Waals surface area contributed by atoms with Gasteiger partial charge < -0.3 is 18.0 Å². The zero-order chi connectivity index (χ0) is 39.8. The molecule has 0 bridgehead atoms. The van der Waals surface area contributed by atoms with Crippen LogP contribution >= 0.6 is 0 Å². The maximum Gasteiger partial charge on any atom is 0.214 e. The number of fused-ring (bicyclic) bond motifs is 14. The Hall–Kier alpha value is -7.28. The Kier molecular flexibility index (Phi) is 6.82. The molecule has 0 spiro atoms. The molecule has 0 radical (unpaired) electrons. The lowest BCUT2D eigenvalue weighted by Gasteiger charge is -2.20. The SMILES string of the molecule is [C-]#[N+]c1cc(-n2c3ccc(C(C)(C)C)cc3c3c4oc5ccccc5c4ccc32)cc(C#N)c1-n1c2ccc(C(C)(C)C)cc2c2c3oc4ccccc4c3ccc21. The van der Waals surface area contributed by atoms with Crippen molar-refractivity contribution >= 4 is 93.2 Å². The molecule has 4 aromatic heterocycles. The van der Waals surface area contributed by atoms with Gasteiger partial charge in [-0.2, -0.15) is 5.26 Å². The largest absolute Gasteiger partial charge is 0.455 e. The lowest BCUT2D eigenvalue weighted by molar-refractivity contribution is 0.591. The summed E-state index contributed by atoms with van der Waals surface area (Å²) in [4.78, 5) is 4.18. The summed E-state index contributed by atoms with van der Waals surface area (Å²) in [5.41, 5.74) is 11.3. The molecule has 11 rings (SSSR count). The molecule has 0 saturated carbocycles. The highest BCUT2D eigenvalue weighted by molar-refractivity contribution is 6.25. The third-order valence-corrected chi connectivity index (χ3v) is 12.1. The second-order valence-electron chi connectivity index (χ2n) is 17.6. The molecule has 58 heavy (non-hydrogen) atoms. The molecular formula is C52H38N4O2. The van der Waals surface area contributed by atoms with Gasteiger partial charge in [0.1, 0.15) is 28.4 Å². The number of furan rings is 2. The van der Waals surface area contributed by atoms with Crippen molar-refractivity contribution in [1.29, 1.82) is 5.26 Å². The van der Waals surface area contributed by atoms with E-state index in [-0.39, 0.29) is 10.8 Å². The van der Waals surface area contributed by atoms with Gasteiger partial charge in [0.2, 0.25) is 5.69 Å². The van der Waals surface area contributed by atoms with Crippen molar-refractivity contribution in [3.8, 4) is 17.4 Å². The predicted octanol–water partition coefficient (Wildman–Crippen LogP) is 14.7. The van der Waals surface area contributed by atoms with Gasteiger partial charge in [-0.05, 0) is 94.8 Å². The zero-order valence-electron chi connectivity index (χ0n) is 33.2. The Bertz CT molecular complexity index is 3630. The Morgan fingerprint density at radius 3 is 1.52 bits per heavy atom. The van der Waals surface area contributed by atoms with Gasteiger partial charge >= 0.3 is 0 Å². The van der Waals surface area contributed by atoms with Gasteiger partial charge in [0.05, 0.1) is 50.7 Å². The van der Waals surface area contributed by atoms with E-state index in [0.29, 0.717) is 16.9 Å². The fourth-order valence-corrected chi connectivity index (χ4v) is 9.16. The first kappa shape index (κ1) is 34.0. The van der Waals surface area contributed by atoms with Crippen LogP contribution in [0.2, 0.25) is 0 Å². The van der Waals surface area contributed by atoms with Crippen molar-refractivity contribution in [3.63, 3.8) is 0 Å². The number of para-hydroxylation sites is 2. The van der Waals surface area contributed by atoms with E-state index < -0.39 is 0 Å². The summed E-state index contributed by atoms with van der Waals surface area (Å²) in [6.07, 6.45) is 0. The molecular weight excluding hydrogens is 713 g/mol. The lowest BCUT2D eigenvalue weighted by Crippen LogP contribution is -2.10. The maximum absolute atomic E-state index is 11.1. The number of aromatic nitrogens is 2. The molecule has 0 aliphatic heterocycles. The van der Waals surface area contributed by atoms with Crippen molar-refractivity contribution in [3.05, 3.63) is 149 Å². The third kappa shape index (κ3) is 4.63. The minimum absolute atomic E-state index is 0.0822. The average molecular weight is 751 g/mol. The predicted molar refractivity (Wildman–Crippen MR) is 238 cm³/mol. The van der Waals surface area contributed by atoms with Crippen molar-refractivity contribution in [2.75, 3.05) is 0 Å². The van der Waals surface area contributed by atoms with Crippen LogP contribution in [0.25, 0.3) is 104 Å². The number of hydrogen-bond donors (Lipinski definition) is 0. The van der Waals surface area contributed by atoms with E-state index in [9.17, 15) is 5.26 Å². The summed E-state index contributed by atoms with van der Waals surface area (Å²) < 4.78 is 17.6. The molecule has 6 heteroatoms. The van der Waals surface area contributed by atoms with Crippen molar-refractivity contribution in [2.45, 2.75) is 52.4 Å². The molecule has 0 unspecified atom stereocenters. The van der Waals surface area contributed by atoms with Crippen LogP contribution in [0, 0.1) is 17.9 Å². The van der Waals surface area contributed by atoms with Gasteiger partial charge in [0, 0.05) is 38.0 Å². The van der Waals surface area contributed by atoms with E-state index in [4.69, 9.17) is 15.4 Å². The third-order valence-electron chi connectivity index (χ3n) is 12.1. The molecule has 0 fully saturated rings. The number of rotatable bonds is 2. The van der Waals surface area contributed by atoms with Crippen LogP contribution in [0.15, 0.2) is 130 Å². The van der Waals surface area contributed by atoms with E-state index in [0.717, 1.165) is 93.2 Å². The summed E-state index contributed by atoms with van der Waals surface area (Å²) in [6, 6.07) is 44.3. The quantitative estimate of drug-likeness (QED) is 0.165. The minimum atomic E-state index is -0.102. The fourth-order valence-electron chi connectivity index (χ4n) is 9.16. The summed E-state index contributed by atoms with van der Waals surface area (Å²) >= 11 is 0. The Morgan fingerprint density at radius 1 is 0.534 bits per heavy atom. The van der Waals surface area contributed by atoms with Gasteiger partial charge in [0.25, 0.3) is 0 Å². The molecule has 0 aliphatic carbocycles. The van der Waals surface area contributed by atoms with Gasteiger partial charge in [0.15, 0.2) is 0 Å². The van der Waals surface area contributed by atoms with Crippen molar-refractivity contribution in [1.82, 2.24) is 9.13 Å². The summed E-state index contributed by atoms with van der Waals surface area (Å²) in [5, 5.41) is 19.3. The zero-order valence-corrected chi connectivity index (χ0v) is 33.2. The van der Waals surface area contributed by atoms with E-state index in [1.165, 1.54) is 11.1 Å². The first-order chi connectivity index (χ1) is 27.9. The molecule has 0 saturated heterocycles. The average Bonchev–Trinajstić information content (AvgIpc) is 3.96. The molecule has 4 heterocycles. The van der Waals surface area contributed by atoms with Crippen LogP contribution < -0.4 is 0 Å². The number of hydrogen-bond acceptors (Lipinski definition) is 3. The van der Waals surface area contributed by atoms with E-state index in [2.05, 4.69) is 134 Å². The monoisotopic (exact) mass is 750 g/mol. The Balaban J connectivity index is 1.23. The van der Waals surface area contributed by atoms with Crippen molar-refractivity contribution < 1.29 is 8.83 Å². The van der Waals surface area contributed by atoms with Crippen LogP contribution in [0.4, 0.5) is 5.69 Å².